The predicted octanol–water partition coefficient (Wildman–Crippen LogP) is 1.72. The lowest BCUT2D eigenvalue weighted by molar-refractivity contribution is -0.132. The maximum Gasteiger partial charge on any atom is 0.236 e. The van der Waals surface area contributed by atoms with E-state index in [1.165, 1.54) is 12.8 Å². The van der Waals surface area contributed by atoms with Crippen molar-refractivity contribution in [3.8, 4) is 0 Å². The second-order valence-electron chi connectivity index (χ2n) is 8.74. The minimum atomic E-state index is 0.265. The number of guanidine groups is 1. The van der Waals surface area contributed by atoms with E-state index in [0.29, 0.717) is 25.4 Å². The van der Waals surface area contributed by atoms with Gasteiger partial charge in [-0.1, -0.05) is 31.8 Å². The molecule has 31 heavy (non-hydrogen) atoms. The normalized spacial score (nSPS) is 19.0. The molecule has 0 unspecified atom stereocenters. The zero-order valence-electron chi connectivity index (χ0n) is 19.5. The number of amides is 1. The van der Waals surface area contributed by atoms with Crippen molar-refractivity contribution in [3.63, 3.8) is 0 Å². The van der Waals surface area contributed by atoms with E-state index in [4.69, 9.17) is 9.52 Å². The summed E-state index contributed by atoms with van der Waals surface area (Å²) in [5.41, 5.74) is 0. The summed E-state index contributed by atoms with van der Waals surface area (Å²) in [4.78, 5) is 28.5. The molecule has 3 rings (SSSR count). The molecule has 1 aromatic heterocycles. The molecule has 0 atom stereocenters. The highest BCUT2D eigenvalue weighted by Gasteiger charge is 2.23. The number of carbonyl (C=O) groups excluding carboxylic acids is 1. The first-order valence-corrected chi connectivity index (χ1v) is 11.9. The zero-order valence-corrected chi connectivity index (χ0v) is 19.5. The van der Waals surface area contributed by atoms with Gasteiger partial charge in [0.25, 0.3) is 0 Å². The van der Waals surface area contributed by atoms with Crippen molar-refractivity contribution < 1.29 is 9.32 Å². The molecular weight excluding hydrogens is 394 g/mol. The summed E-state index contributed by atoms with van der Waals surface area (Å²) in [6.45, 7) is 13.5. The second-order valence-corrected chi connectivity index (χ2v) is 8.74. The van der Waals surface area contributed by atoms with Crippen molar-refractivity contribution in [2.45, 2.75) is 58.8 Å². The van der Waals surface area contributed by atoms with E-state index >= 15 is 0 Å². The molecule has 0 bridgehead atoms. The Morgan fingerprint density at radius 3 is 2.39 bits per heavy atom. The molecule has 2 aliphatic heterocycles. The molecule has 2 fully saturated rings. The van der Waals surface area contributed by atoms with E-state index in [1.807, 2.05) is 0 Å². The Kier molecular flexibility index (Phi) is 9.12. The Bertz CT molecular complexity index is 702. The maximum absolute atomic E-state index is 12.7. The van der Waals surface area contributed by atoms with Gasteiger partial charge in [-0.15, -0.1) is 0 Å². The number of hydrogen-bond donors (Lipinski definition) is 1. The minimum absolute atomic E-state index is 0.265. The number of hydrogen-bond acceptors (Lipinski definition) is 6. The van der Waals surface area contributed by atoms with Crippen molar-refractivity contribution in [1.29, 1.82) is 0 Å². The Hall–Kier alpha value is -2.16. The largest absolute Gasteiger partial charge is 0.357 e. The Labute approximate surface area is 186 Å². The van der Waals surface area contributed by atoms with Gasteiger partial charge in [0.1, 0.15) is 0 Å². The molecule has 1 amide bonds. The van der Waals surface area contributed by atoms with Gasteiger partial charge in [-0.2, -0.15) is 4.98 Å². The van der Waals surface area contributed by atoms with Gasteiger partial charge >= 0.3 is 0 Å². The molecule has 3 heterocycles. The summed E-state index contributed by atoms with van der Waals surface area (Å²) < 4.78 is 5.32. The van der Waals surface area contributed by atoms with Crippen LogP contribution in [-0.4, -0.2) is 95.6 Å². The highest BCUT2D eigenvalue weighted by Crippen LogP contribution is 2.12. The number of aliphatic imine (C=N–C) groups is 1. The smallest absolute Gasteiger partial charge is 0.236 e. The van der Waals surface area contributed by atoms with Crippen LogP contribution in [0.2, 0.25) is 0 Å². The monoisotopic (exact) mass is 433 g/mol. The van der Waals surface area contributed by atoms with Gasteiger partial charge in [0.15, 0.2) is 11.8 Å². The summed E-state index contributed by atoms with van der Waals surface area (Å²) in [5, 5.41) is 7.41. The molecule has 2 saturated heterocycles. The van der Waals surface area contributed by atoms with Gasteiger partial charge in [-0.05, 0) is 19.8 Å². The minimum Gasteiger partial charge on any atom is -0.357 e. The van der Waals surface area contributed by atoms with Gasteiger partial charge in [0.05, 0.1) is 13.1 Å². The lowest BCUT2D eigenvalue weighted by atomic mass is 10.2. The first kappa shape index (κ1) is 23.5. The van der Waals surface area contributed by atoms with E-state index < -0.39 is 0 Å². The van der Waals surface area contributed by atoms with Crippen LogP contribution in [0.15, 0.2) is 9.52 Å². The van der Waals surface area contributed by atoms with Gasteiger partial charge in [-0.25, -0.2) is 0 Å². The number of nitrogens with one attached hydrogen (secondary N) is 1. The van der Waals surface area contributed by atoms with Crippen LogP contribution >= 0.6 is 0 Å². The van der Waals surface area contributed by atoms with Gasteiger partial charge in [0.2, 0.25) is 11.8 Å². The van der Waals surface area contributed by atoms with E-state index in [1.54, 1.807) is 0 Å². The quantitative estimate of drug-likeness (QED) is 0.517. The Morgan fingerprint density at radius 2 is 1.77 bits per heavy atom. The number of rotatable bonds is 7. The van der Waals surface area contributed by atoms with Crippen LogP contribution in [0.3, 0.4) is 0 Å². The summed E-state index contributed by atoms with van der Waals surface area (Å²) in [5.74, 6) is 2.86. The van der Waals surface area contributed by atoms with E-state index in [2.05, 4.69) is 50.9 Å². The van der Waals surface area contributed by atoms with Crippen LogP contribution in [-0.2, 0) is 11.2 Å². The van der Waals surface area contributed by atoms with Crippen molar-refractivity contribution in [2.24, 2.45) is 4.99 Å². The number of likely N-dealkylation sites (tertiary alicyclic amines) is 1. The zero-order chi connectivity index (χ0) is 22.1. The van der Waals surface area contributed by atoms with Gasteiger partial charge in [-0.3, -0.25) is 14.7 Å². The summed E-state index contributed by atoms with van der Waals surface area (Å²) in [7, 11) is 0. The standard InChI is InChI=1S/C22H39N7O2/c1-4-23-22(24-10-9-19-25-21(18(2)3)26-31-19)29-15-13-27(14-16-29)17-20(30)28-11-7-5-6-8-12-28/h18H,4-17H2,1-3H3,(H,23,24). The van der Waals surface area contributed by atoms with Crippen molar-refractivity contribution in [3.05, 3.63) is 11.7 Å². The highest BCUT2D eigenvalue weighted by atomic mass is 16.5. The Morgan fingerprint density at radius 1 is 1.06 bits per heavy atom. The van der Waals surface area contributed by atoms with Crippen LogP contribution in [0.1, 0.15) is 64.1 Å². The van der Waals surface area contributed by atoms with Crippen LogP contribution in [0, 0.1) is 0 Å². The topological polar surface area (TPSA) is 90.1 Å². The molecule has 9 nitrogen and oxygen atoms in total. The molecule has 1 N–H and O–H groups in total. The third kappa shape index (κ3) is 7.19. The van der Waals surface area contributed by atoms with Crippen LogP contribution < -0.4 is 5.32 Å². The fourth-order valence-corrected chi connectivity index (χ4v) is 4.02. The lowest BCUT2D eigenvalue weighted by Crippen LogP contribution is -2.54. The molecule has 9 heteroatoms. The first-order valence-electron chi connectivity index (χ1n) is 11.9. The molecule has 0 aromatic carbocycles. The molecule has 2 aliphatic rings. The number of aromatic nitrogens is 2. The molecule has 174 valence electrons. The molecule has 0 spiro atoms. The molecular formula is C22H39N7O2. The predicted molar refractivity (Wildman–Crippen MR) is 121 cm³/mol. The second kappa shape index (κ2) is 12.0. The van der Waals surface area contributed by atoms with Crippen LogP contribution in [0.5, 0.6) is 0 Å². The number of piperazine rings is 1. The summed E-state index contributed by atoms with van der Waals surface area (Å²) >= 11 is 0. The van der Waals surface area contributed by atoms with Crippen molar-refractivity contribution >= 4 is 11.9 Å². The first-order chi connectivity index (χ1) is 15.1. The Balaban J connectivity index is 1.45. The fraction of sp³-hybridized carbons (Fsp3) is 0.818. The lowest BCUT2D eigenvalue weighted by Gasteiger charge is -2.37. The van der Waals surface area contributed by atoms with Crippen LogP contribution in [0.25, 0.3) is 0 Å². The van der Waals surface area contributed by atoms with E-state index in [9.17, 15) is 4.79 Å². The summed E-state index contributed by atoms with van der Waals surface area (Å²) in [6.07, 6.45) is 5.43. The highest BCUT2D eigenvalue weighted by molar-refractivity contribution is 5.80. The van der Waals surface area contributed by atoms with Crippen molar-refractivity contribution in [1.82, 2.24) is 30.2 Å². The molecule has 1 aromatic rings. The molecule has 0 saturated carbocycles. The van der Waals surface area contributed by atoms with Gasteiger partial charge in [0, 0.05) is 58.2 Å². The van der Waals surface area contributed by atoms with Gasteiger partial charge < -0.3 is 19.6 Å². The van der Waals surface area contributed by atoms with Crippen LogP contribution in [0.4, 0.5) is 0 Å². The fourth-order valence-electron chi connectivity index (χ4n) is 4.02. The van der Waals surface area contributed by atoms with E-state index in [0.717, 1.165) is 70.4 Å². The number of carbonyl (C=O) groups is 1. The third-order valence-electron chi connectivity index (χ3n) is 5.91. The summed E-state index contributed by atoms with van der Waals surface area (Å²) in [6, 6.07) is 0. The average molecular weight is 434 g/mol. The average Bonchev–Trinajstić information content (AvgIpc) is 3.07. The third-order valence-corrected chi connectivity index (χ3v) is 5.91. The molecule has 0 radical (unpaired) electrons. The number of nitrogens with zero attached hydrogens (tertiary/aromatic N) is 6. The van der Waals surface area contributed by atoms with Crippen molar-refractivity contribution in [2.75, 3.05) is 58.9 Å². The van der Waals surface area contributed by atoms with E-state index in [-0.39, 0.29) is 11.8 Å². The SMILES string of the molecule is CCNC(=NCCc1nc(C(C)C)no1)N1CCN(CC(=O)N2CCCCCC2)CC1. The maximum atomic E-state index is 12.7. The molecule has 0 aliphatic carbocycles.